The van der Waals surface area contributed by atoms with Crippen molar-refractivity contribution in [3.63, 3.8) is 0 Å². The van der Waals surface area contributed by atoms with Gasteiger partial charge < -0.3 is 10.1 Å². The molecule has 8 heteroatoms. The fourth-order valence-corrected chi connectivity index (χ4v) is 1.32. The molecule has 0 saturated heterocycles. The van der Waals surface area contributed by atoms with Crippen LogP contribution >= 0.6 is 0 Å². The van der Waals surface area contributed by atoms with Crippen LogP contribution in [0.15, 0.2) is 0 Å². The summed E-state index contributed by atoms with van der Waals surface area (Å²) < 4.78 is 76.4. The van der Waals surface area contributed by atoms with E-state index < -0.39 is 25.1 Å². The third kappa shape index (κ3) is 9.10. The SMILES string of the molecule is CC(C)CNCCCCOC(C(F)(F)F)C(F)(F)F. The van der Waals surface area contributed by atoms with Gasteiger partial charge in [-0.05, 0) is 31.8 Å². The second-order valence-electron chi connectivity index (χ2n) is 4.64. The first kappa shape index (κ1) is 18.5. The molecule has 0 bridgehead atoms. The van der Waals surface area contributed by atoms with Crippen LogP contribution < -0.4 is 5.32 Å². The highest BCUT2D eigenvalue weighted by molar-refractivity contribution is 4.75. The predicted octanol–water partition coefficient (Wildman–Crippen LogP) is 3.52. The van der Waals surface area contributed by atoms with E-state index in [1.165, 1.54) is 0 Å². The van der Waals surface area contributed by atoms with Crippen molar-refractivity contribution in [2.45, 2.75) is 45.1 Å². The van der Waals surface area contributed by atoms with E-state index in [1.54, 1.807) is 0 Å². The van der Waals surface area contributed by atoms with Gasteiger partial charge in [-0.15, -0.1) is 0 Å². The summed E-state index contributed by atoms with van der Waals surface area (Å²) in [6.45, 7) is 4.73. The molecule has 19 heavy (non-hydrogen) atoms. The van der Waals surface area contributed by atoms with E-state index in [-0.39, 0.29) is 6.42 Å². The monoisotopic (exact) mass is 295 g/mol. The maximum Gasteiger partial charge on any atom is 0.423 e. The molecule has 0 atom stereocenters. The van der Waals surface area contributed by atoms with Gasteiger partial charge in [0.2, 0.25) is 6.10 Å². The first-order valence-corrected chi connectivity index (χ1v) is 6.01. The number of halogens is 6. The Labute approximate surface area is 108 Å². The summed E-state index contributed by atoms with van der Waals surface area (Å²) in [5.41, 5.74) is 0. The Morgan fingerprint density at radius 3 is 1.89 bits per heavy atom. The molecule has 0 aromatic heterocycles. The van der Waals surface area contributed by atoms with E-state index in [0.717, 1.165) is 6.54 Å². The molecule has 0 aliphatic carbocycles. The molecule has 0 aliphatic heterocycles. The van der Waals surface area contributed by atoms with E-state index in [9.17, 15) is 26.3 Å². The second-order valence-corrected chi connectivity index (χ2v) is 4.64. The minimum atomic E-state index is -5.42. The predicted molar refractivity (Wildman–Crippen MR) is 58.8 cm³/mol. The highest BCUT2D eigenvalue weighted by atomic mass is 19.4. The molecule has 0 spiro atoms. The third-order valence-electron chi connectivity index (χ3n) is 2.18. The molecule has 0 aliphatic rings. The molecule has 116 valence electrons. The van der Waals surface area contributed by atoms with Gasteiger partial charge >= 0.3 is 12.4 Å². The van der Waals surface area contributed by atoms with Crippen molar-refractivity contribution in [1.82, 2.24) is 5.32 Å². The number of ether oxygens (including phenoxy) is 1. The Bertz CT molecular complexity index is 224. The summed E-state index contributed by atoms with van der Waals surface area (Å²) in [5, 5.41) is 3.03. The number of alkyl halides is 6. The molecule has 0 amide bonds. The van der Waals surface area contributed by atoms with Crippen LogP contribution in [0, 0.1) is 5.92 Å². The summed E-state index contributed by atoms with van der Waals surface area (Å²) in [6, 6.07) is 0. The molecule has 0 fully saturated rings. The minimum absolute atomic E-state index is 0.147. The standard InChI is InChI=1S/C11H19F6NO/c1-8(2)7-18-5-3-4-6-19-9(10(12,13)14)11(15,16)17/h8-9,18H,3-7H2,1-2H3. The van der Waals surface area contributed by atoms with Crippen LogP contribution in [-0.4, -0.2) is 38.2 Å². The van der Waals surface area contributed by atoms with Gasteiger partial charge in [-0.2, -0.15) is 26.3 Å². The zero-order valence-electron chi connectivity index (χ0n) is 10.9. The van der Waals surface area contributed by atoms with Gasteiger partial charge in [0.25, 0.3) is 0 Å². The molecule has 0 radical (unpaired) electrons. The molecule has 0 aromatic carbocycles. The normalized spacial score (nSPS) is 13.6. The largest absolute Gasteiger partial charge is 0.423 e. The molecule has 0 unspecified atom stereocenters. The van der Waals surface area contributed by atoms with Gasteiger partial charge in [-0.1, -0.05) is 13.8 Å². The lowest BCUT2D eigenvalue weighted by Gasteiger charge is -2.23. The van der Waals surface area contributed by atoms with Crippen molar-refractivity contribution >= 4 is 0 Å². The van der Waals surface area contributed by atoms with Crippen LogP contribution in [0.1, 0.15) is 26.7 Å². The topological polar surface area (TPSA) is 21.3 Å². The van der Waals surface area contributed by atoms with Crippen LogP contribution in [0.5, 0.6) is 0 Å². The Hall–Kier alpha value is -0.500. The van der Waals surface area contributed by atoms with Crippen LogP contribution in [0.4, 0.5) is 26.3 Å². The highest BCUT2D eigenvalue weighted by Gasteiger charge is 2.57. The van der Waals surface area contributed by atoms with Crippen molar-refractivity contribution in [3.8, 4) is 0 Å². The Morgan fingerprint density at radius 1 is 0.947 bits per heavy atom. The fourth-order valence-electron chi connectivity index (χ4n) is 1.32. The molecule has 0 saturated carbocycles. The van der Waals surface area contributed by atoms with Gasteiger partial charge in [-0.3, -0.25) is 0 Å². The molecule has 2 nitrogen and oxygen atoms in total. The summed E-state index contributed by atoms with van der Waals surface area (Å²) in [7, 11) is 0. The maximum atomic E-state index is 12.1. The van der Waals surface area contributed by atoms with Crippen molar-refractivity contribution < 1.29 is 31.1 Å². The average Bonchev–Trinajstić information content (AvgIpc) is 2.17. The van der Waals surface area contributed by atoms with Crippen molar-refractivity contribution in [3.05, 3.63) is 0 Å². The summed E-state index contributed by atoms with van der Waals surface area (Å²) in [4.78, 5) is 0. The van der Waals surface area contributed by atoms with E-state index in [2.05, 4.69) is 10.1 Å². The zero-order chi connectivity index (χ0) is 15.1. The highest BCUT2D eigenvalue weighted by Crippen LogP contribution is 2.35. The van der Waals surface area contributed by atoms with Crippen molar-refractivity contribution in [1.29, 1.82) is 0 Å². The smallest absolute Gasteiger partial charge is 0.361 e. The lowest BCUT2D eigenvalue weighted by Crippen LogP contribution is -2.44. The number of hydrogen-bond donors (Lipinski definition) is 1. The number of unbranched alkanes of at least 4 members (excludes halogenated alkanes) is 1. The minimum Gasteiger partial charge on any atom is -0.361 e. The van der Waals surface area contributed by atoms with E-state index >= 15 is 0 Å². The van der Waals surface area contributed by atoms with Crippen LogP contribution in [0.3, 0.4) is 0 Å². The molecule has 0 aromatic rings. The van der Waals surface area contributed by atoms with Crippen LogP contribution in [0.2, 0.25) is 0 Å². The molecule has 0 heterocycles. The second kappa shape index (κ2) is 7.94. The maximum absolute atomic E-state index is 12.1. The summed E-state index contributed by atoms with van der Waals surface area (Å²) >= 11 is 0. The lowest BCUT2D eigenvalue weighted by molar-refractivity contribution is -0.321. The van der Waals surface area contributed by atoms with Crippen molar-refractivity contribution in [2.24, 2.45) is 5.92 Å². The average molecular weight is 295 g/mol. The number of hydrogen-bond acceptors (Lipinski definition) is 2. The quantitative estimate of drug-likeness (QED) is 0.546. The Morgan fingerprint density at radius 2 is 1.47 bits per heavy atom. The summed E-state index contributed by atoms with van der Waals surface area (Å²) in [6.07, 6.45) is -13.9. The van der Waals surface area contributed by atoms with Gasteiger partial charge in [0.15, 0.2) is 0 Å². The van der Waals surface area contributed by atoms with E-state index in [4.69, 9.17) is 0 Å². The first-order chi connectivity index (χ1) is 8.55. The third-order valence-corrected chi connectivity index (χ3v) is 2.18. The van der Waals surface area contributed by atoms with Gasteiger partial charge in [-0.25, -0.2) is 0 Å². The van der Waals surface area contributed by atoms with Gasteiger partial charge in [0.05, 0.1) is 0 Å². The first-order valence-electron chi connectivity index (χ1n) is 6.01. The van der Waals surface area contributed by atoms with E-state index in [1.807, 2.05) is 13.8 Å². The molecular formula is C11H19F6NO. The summed E-state index contributed by atoms with van der Waals surface area (Å²) in [5.74, 6) is 0.441. The molecular weight excluding hydrogens is 276 g/mol. The van der Waals surface area contributed by atoms with Gasteiger partial charge in [0, 0.05) is 6.61 Å². The van der Waals surface area contributed by atoms with Crippen molar-refractivity contribution in [2.75, 3.05) is 19.7 Å². The lowest BCUT2D eigenvalue weighted by atomic mass is 10.2. The van der Waals surface area contributed by atoms with Crippen LogP contribution in [0.25, 0.3) is 0 Å². The van der Waals surface area contributed by atoms with Crippen LogP contribution in [-0.2, 0) is 4.74 Å². The van der Waals surface area contributed by atoms with E-state index in [0.29, 0.717) is 18.9 Å². The fraction of sp³-hybridized carbons (Fsp3) is 1.00. The molecule has 0 rings (SSSR count). The van der Waals surface area contributed by atoms with Gasteiger partial charge in [0.1, 0.15) is 0 Å². The number of nitrogens with one attached hydrogen (secondary N) is 1. The Kier molecular flexibility index (Phi) is 7.73. The zero-order valence-corrected chi connectivity index (χ0v) is 10.9. The Balaban J connectivity index is 3.84. The number of rotatable bonds is 8. The molecule has 1 N–H and O–H groups in total.